The number of halogens is 1. The van der Waals surface area contributed by atoms with Crippen LogP contribution in [0.1, 0.15) is 55.4 Å². The molecule has 1 amide bonds. The van der Waals surface area contributed by atoms with Gasteiger partial charge in [0.05, 0.1) is 10.6 Å². The Morgan fingerprint density at radius 3 is 2.68 bits per heavy atom. The lowest BCUT2D eigenvalue weighted by atomic mass is 9.80. The zero-order valence-electron chi connectivity index (χ0n) is 18.8. The summed E-state index contributed by atoms with van der Waals surface area (Å²) in [5, 5.41) is 4.11. The Hall–Kier alpha value is -2.24. The van der Waals surface area contributed by atoms with Gasteiger partial charge in [-0.05, 0) is 104 Å². The molecular formula is C25H28ClN3OS. The standard InChI is InChI=1S/C25H28ClN3OS/c1-14-7-8-18(9-15(14)2)27-24-28-23(30)22(31-24)11-17-10-19-16(3)13-25(4,5)29(6)21(19)12-20(17)26/h7-12,16H,13H2,1-6H3,(H,27,28,30)/b22-11-/t16-/m1/s1. The van der Waals surface area contributed by atoms with Gasteiger partial charge in [-0.15, -0.1) is 0 Å². The van der Waals surface area contributed by atoms with Crippen LogP contribution in [0.5, 0.6) is 0 Å². The number of amidine groups is 1. The van der Waals surface area contributed by atoms with E-state index >= 15 is 0 Å². The SMILES string of the molecule is Cc1ccc(N=C2NC(=O)/C(=C/c3cc4c(cc3Cl)N(C)C(C)(C)C[C@H]4C)S2)cc1C. The third-order valence-corrected chi connectivity index (χ3v) is 7.65. The van der Waals surface area contributed by atoms with E-state index in [0.717, 1.165) is 23.4 Å². The molecule has 4 rings (SSSR count). The fraction of sp³-hybridized carbons (Fsp3) is 0.360. The molecule has 1 N–H and O–H groups in total. The number of aryl methyl sites for hydroxylation is 2. The second kappa shape index (κ2) is 8.03. The van der Waals surface area contributed by atoms with Gasteiger partial charge in [0, 0.05) is 23.3 Å². The first-order valence-electron chi connectivity index (χ1n) is 10.5. The van der Waals surface area contributed by atoms with Crippen LogP contribution in [-0.2, 0) is 4.79 Å². The van der Waals surface area contributed by atoms with Gasteiger partial charge in [0.15, 0.2) is 5.17 Å². The highest BCUT2D eigenvalue weighted by atomic mass is 35.5. The number of thioether (sulfide) groups is 1. The smallest absolute Gasteiger partial charge is 0.264 e. The van der Waals surface area contributed by atoms with Crippen molar-refractivity contribution in [1.29, 1.82) is 0 Å². The molecule has 1 atom stereocenters. The van der Waals surface area contributed by atoms with E-state index in [0.29, 0.717) is 21.0 Å². The van der Waals surface area contributed by atoms with Crippen LogP contribution in [0.15, 0.2) is 40.2 Å². The highest BCUT2D eigenvalue weighted by molar-refractivity contribution is 8.18. The topological polar surface area (TPSA) is 44.7 Å². The van der Waals surface area contributed by atoms with Gasteiger partial charge in [-0.1, -0.05) is 24.6 Å². The summed E-state index contributed by atoms with van der Waals surface area (Å²) < 4.78 is 0. The molecule has 0 spiro atoms. The van der Waals surface area contributed by atoms with Crippen molar-refractivity contribution in [2.45, 2.75) is 52.5 Å². The summed E-state index contributed by atoms with van der Waals surface area (Å²) in [6, 6.07) is 10.2. The van der Waals surface area contributed by atoms with Crippen molar-refractivity contribution in [1.82, 2.24) is 5.32 Å². The molecule has 6 heteroatoms. The molecule has 0 bridgehead atoms. The lowest BCUT2D eigenvalue weighted by Gasteiger charge is -2.45. The summed E-state index contributed by atoms with van der Waals surface area (Å²) >= 11 is 8.00. The molecule has 0 aromatic heterocycles. The Bertz CT molecular complexity index is 1140. The Kier molecular flexibility index (Phi) is 5.69. The van der Waals surface area contributed by atoms with Crippen LogP contribution < -0.4 is 10.2 Å². The van der Waals surface area contributed by atoms with E-state index in [-0.39, 0.29) is 11.4 Å². The Morgan fingerprint density at radius 2 is 1.97 bits per heavy atom. The van der Waals surface area contributed by atoms with E-state index in [1.165, 1.54) is 28.5 Å². The minimum absolute atomic E-state index is 0.0800. The Labute approximate surface area is 193 Å². The van der Waals surface area contributed by atoms with Gasteiger partial charge in [-0.3, -0.25) is 4.79 Å². The average molecular weight is 454 g/mol. The molecular weight excluding hydrogens is 426 g/mol. The van der Waals surface area contributed by atoms with Gasteiger partial charge in [0.1, 0.15) is 0 Å². The van der Waals surface area contributed by atoms with E-state index in [2.05, 4.69) is 62.9 Å². The number of rotatable bonds is 2. The lowest BCUT2D eigenvalue weighted by Crippen LogP contribution is -2.45. The van der Waals surface area contributed by atoms with Crippen LogP contribution in [0.25, 0.3) is 6.08 Å². The summed E-state index contributed by atoms with van der Waals surface area (Å²) in [5.74, 6) is 0.273. The number of benzene rings is 2. The van der Waals surface area contributed by atoms with Crippen molar-refractivity contribution in [3.8, 4) is 0 Å². The summed E-state index contributed by atoms with van der Waals surface area (Å²) in [5.41, 5.74) is 6.61. The van der Waals surface area contributed by atoms with Gasteiger partial charge in [-0.2, -0.15) is 0 Å². The van der Waals surface area contributed by atoms with Gasteiger partial charge in [0.25, 0.3) is 5.91 Å². The van der Waals surface area contributed by atoms with Crippen LogP contribution in [-0.4, -0.2) is 23.7 Å². The molecule has 2 aliphatic heterocycles. The van der Waals surface area contributed by atoms with Crippen LogP contribution in [0.3, 0.4) is 0 Å². The molecule has 162 valence electrons. The quantitative estimate of drug-likeness (QED) is 0.523. The van der Waals surface area contributed by atoms with Crippen molar-refractivity contribution >= 4 is 51.9 Å². The van der Waals surface area contributed by atoms with Crippen molar-refractivity contribution in [2.75, 3.05) is 11.9 Å². The second-order valence-electron chi connectivity index (χ2n) is 9.16. The molecule has 4 nitrogen and oxygen atoms in total. The van der Waals surface area contributed by atoms with Crippen LogP contribution >= 0.6 is 23.4 Å². The molecule has 0 unspecified atom stereocenters. The largest absolute Gasteiger partial charge is 0.369 e. The minimum atomic E-state index is -0.146. The van der Waals surface area contributed by atoms with E-state index < -0.39 is 0 Å². The van der Waals surface area contributed by atoms with Crippen molar-refractivity contribution < 1.29 is 4.79 Å². The number of hydrogen-bond donors (Lipinski definition) is 1. The first-order chi connectivity index (χ1) is 14.5. The first kappa shape index (κ1) is 22.0. The zero-order chi connectivity index (χ0) is 22.5. The molecule has 2 heterocycles. The predicted octanol–water partition coefficient (Wildman–Crippen LogP) is 6.57. The molecule has 1 fully saturated rings. The van der Waals surface area contributed by atoms with Crippen molar-refractivity contribution in [3.05, 3.63) is 62.5 Å². The minimum Gasteiger partial charge on any atom is -0.369 e. The zero-order valence-corrected chi connectivity index (χ0v) is 20.4. The fourth-order valence-electron chi connectivity index (χ4n) is 4.25. The maximum absolute atomic E-state index is 12.6. The Balaban J connectivity index is 1.65. The van der Waals surface area contributed by atoms with Crippen LogP contribution in [0, 0.1) is 13.8 Å². The van der Waals surface area contributed by atoms with Gasteiger partial charge >= 0.3 is 0 Å². The number of nitrogens with zero attached hydrogens (tertiary/aromatic N) is 2. The molecule has 1 saturated heterocycles. The number of fused-ring (bicyclic) bond motifs is 1. The van der Waals surface area contributed by atoms with E-state index in [1.54, 1.807) is 0 Å². The number of carbonyl (C=O) groups is 1. The third-order valence-electron chi connectivity index (χ3n) is 6.41. The number of amides is 1. The number of hydrogen-bond acceptors (Lipinski definition) is 4. The van der Waals surface area contributed by atoms with Crippen LogP contribution in [0.2, 0.25) is 5.02 Å². The average Bonchev–Trinajstić information content (AvgIpc) is 3.02. The molecule has 2 aromatic rings. The summed E-state index contributed by atoms with van der Waals surface area (Å²) in [7, 11) is 2.12. The lowest BCUT2D eigenvalue weighted by molar-refractivity contribution is -0.115. The van der Waals surface area contributed by atoms with E-state index in [9.17, 15) is 4.79 Å². The molecule has 0 aliphatic carbocycles. The number of carbonyl (C=O) groups excluding carboxylic acids is 1. The number of aliphatic imine (C=N–C) groups is 1. The molecule has 2 aliphatic rings. The predicted molar refractivity (Wildman–Crippen MR) is 134 cm³/mol. The van der Waals surface area contributed by atoms with Crippen LogP contribution in [0.4, 0.5) is 11.4 Å². The Morgan fingerprint density at radius 1 is 1.23 bits per heavy atom. The molecule has 0 saturated carbocycles. The normalized spacial score (nSPS) is 22.7. The second-order valence-corrected chi connectivity index (χ2v) is 10.6. The van der Waals surface area contributed by atoms with Gasteiger partial charge in [-0.25, -0.2) is 4.99 Å². The van der Waals surface area contributed by atoms with Gasteiger partial charge in [0.2, 0.25) is 0 Å². The third kappa shape index (κ3) is 4.26. The molecule has 2 aromatic carbocycles. The van der Waals surface area contributed by atoms with Crippen molar-refractivity contribution in [3.63, 3.8) is 0 Å². The summed E-state index contributed by atoms with van der Waals surface area (Å²) in [6.07, 6.45) is 2.94. The molecule has 0 radical (unpaired) electrons. The highest BCUT2D eigenvalue weighted by Gasteiger charge is 2.34. The summed E-state index contributed by atoms with van der Waals surface area (Å²) in [6.45, 7) is 10.9. The highest BCUT2D eigenvalue weighted by Crippen LogP contribution is 2.45. The van der Waals surface area contributed by atoms with Gasteiger partial charge < -0.3 is 10.2 Å². The number of anilines is 1. The molecule has 31 heavy (non-hydrogen) atoms. The number of nitrogens with one attached hydrogen (secondary N) is 1. The van der Waals surface area contributed by atoms with E-state index in [4.69, 9.17) is 11.6 Å². The monoisotopic (exact) mass is 453 g/mol. The fourth-order valence-corrected chi connectivity index (χ4v) is 5.29. The van der Waals surface area contributed by atoms with Crippen molar-refractivity contribution in [2.24, 2.45) is 4.99 Å². The van der Waals surface area contributed by atoms with E-state index in [1.807, 2.05) is 30.3 Å². The first-order valence-corrected chi connectivity index (χ1v) is 11.7. The summed E-state index contributed by atoms with van der Waals surface area (Å²) in [4.78, 5) is 20.1. The maximum Gasteiger partial charge on any atom is 0.264 e. The maximum atomic E-state index is 12.6.